The number of benzene rings is 2. The standard InChI is InChI=1S/C21H23BrClN3O2/c1-27-20-8-7-19(22)18(13-24-9-2-11-26-12-10-25-15-26)21(20)28-14-16-3-5-17(23)6-4-16/h3-8,10,12,15,24H,2,9,11,13-14H2,1H3. The number of nitrogens with one attached hydrogen (secondary N) is 1. The van der Waals surface area contributed by atoms with Crippen LogP contribution >= 0.6 is 27.5 Å². The van der Waals surface area contributed by atoms with Crippen LogP contribution in [0.25, 0.3) is 0 Å². The summed E-state index contributed by atoms with van der Waals surface area (Å²) in [6, 6.07) is 11.5. The SMILES string of the molecule is COc1ccc(Br)c(CNCCCn2ccnc2)c1OCc1ccc(Cl)cc1. The minimum atomic E-state index is 0.442. The Balaban J connectivity index is 1.62. The van der Waals surface area contributed by atoms with Crippen molar-refractivity contribution >= 4 is 27.5 Å². The zero-order chi connectivity index (χ0) is 19.8. The number of aromatic nitrogens is 2. The number of hydrogen-bond acceptors (Lipinski definition) is 4. The van der Waals surface area contributed by atoms with Crippen molar-refractivity contribution in [2.75, 3.05) is 13.7 Å². The number of imidazole rings is 1. The van der Waals surface area contributed by atoms with E-state index in [4.69, 9.17) is 21.1 Å². The predicted octanol–water partition coefficient (Wildman–Crippen LogP) is 5.07. The molecule has 3 aromatic rings. The lowest BCUT2D eigenvalue weighted by atomic mass is 10.1. The van der Waals surface area contributed by atoms with Gasteiger partial charge in [0.15, 0.2) is 11.5 Å². The Bertz CT molecular complexity index is 870. The summed E-state index contributed by atoms with van der Waals surface area (Å²) in [5.74, 6) is 1.46. The minimum Gasteiger partial charge on any atom is -0.493 e. The maximum atomic E-state index is 6.13. The first-order chi connectivity index (χ1) is 13.7. The van der Waals surface area contributed by atoms with E-state index in [1.165, 1.54) is 0 Å². The van der Waals surface area contributed by atoms with Gasteiger partial charge in [-0.3, -0.25) is 0 Å². The number of halogens is 2. The van der Waals surface area contributed by atoms with Crippen LogP contribution in [0, 0.1) is 0 Å². The van der Waals surface area contributed by atoms with Crippen LogP contribution in [0.5, 0.6) is 11.5 Å². The van der Waals surface area contributed by atoms with E-state index in [0.717, 1.165) is 40.9 Å². The van der Waals surface area contributed by atoms with Crippen molar-refractivity contribution in [3.05, 3.63) is 75.7 Å². The number of nitrogens with zero attached hydrogens (tertiary/aromatic N) is 2. The van der Waals surface area contributed by atoms with Crippen molar-refractivity contribution in [1.82, 2.24) is 14.9 Å². The highest BCUT2D eigenvalue weighted by Gasteiger charge is 2.14. The van der Waals surface area contributed by atoms with Crippen LogP contribution in [0.1, 0.15) is 17.5 Å². The molecule has 1 N–H and O–H groups in total. The third-order valence-electron chi connectivity index (χ3n) is 4.31. The molecule has 148 valence electrons. The highest BCUT2D eigenvalue weighted by atomic mass is 79.9. The molecule has 1 heterocycles. The average molecular weight is 465 g/mol. The molecule has 7 heteroatoms. The Labute approximate surface area is 178 Å². The quantitative estimate of drug-likeness (QED) is 0.426. The smallest absolute Gasteiger partial charge is 0.167 e. The molecule has 0 radical (unpaired) electrons. The summed E-state index contributed by atoms with van der Waals surface area (Å²) >= 11 is 9.60. The summed E-state index contributed by atoms with van der Waals surface area (Å²) < 4.78 is 14.7. The van der Waals surface area contributed by atoms with Gasteiger partial charge in [0.05, 0.1) is 13.4 Å². The third-order valence-corrected chi connectivity index (χ3v) is 5.31. The molecule has 0 saturated heterocycles. The van der Waals surface area contributed by atoms with Gasteiger partial charge in [0.2, 0.25) is 0 Å². The van der Waals surface area contributed by atoms with E-state index >= 15 is 0 Å². The largest absolute Gasteiger partial charge is 0.493 e. The van der Waals surface area contributed by atoms with Gasteiger partial charge < -0.3 is 19.4 Å². The van der Waals surface area contributed by atoms with Gasteiger partial charge in [-0.15, -0.1) is 0 Å². The summed E-state index contributed by atoms with van der Waals surface area (Å²) in [6.07, 6.45) is 6.62. The summed E-state index contributed by atoms with van der Waals surface area (Å²) in [5.41, 5.74) is 2.08. The molecule has 3 rings (SSSR count). The molecule has 0 atom stereocenters. The second kappa shape index (κ2) is 10.5. The van der Waals surface area contributed by atoms with Crippen LogP contribution < -0.4 is 14.8 Å². The summed E-state index contributed by atoms with van der Waals surface area (Å²) in [5, 5.41) is 4.20. The minimum absolute atomic E-state index is 0.442. The summed E-state index contributed by atoms with van der Waals surface area (Å²) in [4.78, 5) is 4.06. The summed E-state index contributed by atoms with van der Waals surface area (Å²) in [6.45, 7) is 2.94. The van der Waals surface area contributed by atoms with Crippen LogP contribution in [0.3, 0.4) is 0 Å². The van der Waals surface area contributed by atoms with Crippen LogP contribution in [0.15, 0.2) is 59.6 Å². The second-order valence-electron chi connectivity index (χ2n) is 6.30. The lowest BCUT2D eigenvalue weighted by Crippen LogP contribution is -2.17. The lowest BCUT2D eigenvalue weighted by molar-refractivity contribution is 0.280. The Hall–Kier alpha value is -2.02. The van der Waals surface area contributed by atoms with E-state index < -0.39 is 0 Å². The first-order valence-electron chi connectivity index (χ1n) is 9.06. The molecule has 28 heavy (non-hydrogen) atoms. The molecule has 0 bridgehead atoms. The zero-order valence-electron chi connectivity index (χ0n) is 15.7. The van der Waals surface area contributed by atoms with Crippen molar-refractivity contribution in [1.29, 1.82) is 0 Å². The van der Waals surface area contributed by atoms with E-state index in [0.29, 0.717) is 23.9 Å². The van der Waals surface area contributed by atoms with Gasteiger partial charge in [0, 0.05) is 40.5 Å². The van der Waals surface area contributed by atoms with Gasteiger partial charge in [0.25, 0.3) is 0 Å². The van der Waals surface area contributed by atoms with Gasteiger partial charge in [0.1, 0.15) is 6.61 Å². The number of hydrogen-bond donors (Lipinski definition) is 1. The van der Waals surface area contributed by atoms with E-state index in [-0.39, 0.29) is 0 Å². The fourth-order valence-electron chi connectivity index (χ4n) is 2.82. The number of methoxy groups -OCH3 is 1. The third kappa shape index (κ3) is 5.74. The van der Waals surface area contributed by atoms with Gasteiger partial charge in [-0.2, -0.15) is 0 Å². The van der Waals surface area contributed by atoms with Gasteiger partial charge in [-0.1, -0.05) is 39.7 Å². The number of ether oxygens (including phenoxy) is 2. The monoisotopic (exact) mass is 463 g/mol. The Kier molecular flexibility index (Phi) is 7.77. The van der Waals surface area contributed by atoms with Crippen LogP contribution in [0.2, 0.25) is 5.02 Å². The topological polar surface area (TPSA) is 48.3 Å². The van der Waals surface area contributed by atoms with Gasteiger partial charge >= 0.3 is 0 Å². The normalized spacial score (nSPS) is 10.8. The molecule has 5 nitrogen and oxygen atoms in total. The fourth-order valence-corrected chi connectivity index (χ4v) is 3.40. The van der Waals surface area contributed by atoms with E-state index in [2.05, 4.69) is 30.8 Å². The first kappa shape index (κ1) is 20.7. The van der Waals surface area contributed by atoms with Crippen LogP contribution in [-0.2, 0) is 19.7 Å². The predicted molar refractivity (Wildman–Crippen MR) is 115 cm³/mol. The molecular formula is C21H23BrClN3O2. The van der Waals surface area contributed by atoms with Gasteiger partial charge in [-0.05, 0) is 42.8 Å². The molecule has 0 aliphatic rings. The van der Waals surface area contributed by atoms with E-state index in [9.17, 15) is 0 Å². The maximum absolute atomic E-state index is 6.13. The Morgan fingerprint density at radius 3 is 2.71 bits per heavy atom. The van der Waals surface area contributed by atoms with Crippen molar-refractivity contribution in [2.24, 2.45) is 0 Å². The molecule has 0 spiro atoms. The lowest BCUT2D eigenvalue weighted by Gasteiger charge is -2.17. The van der Waals surface area contributed by atoms with Crippen molar-refractivity contribution in [2.45, 2.75) is 26.1 Å². The maximum Gasteiger partial charge on any atom is 0.167 e. The number of aryl methyl sites for hydroxylation is 1. The Morgan fingerprint density at radius 2 is 2.00 bits per heavy atom. The highest BCUT2D eigenvalue weighted by molar-refractivity contribution is 9.10. The molecule has 2 aromatic carbocycles. The molecule has 0 unspecified atom stereocenters. The zero-order valence-corrected chi connectivity index (χ0v) is 18.0. The Morgan fingerprint density at radius 1 is 1.18 bits per heavy atom. The van der Waals surface area contributed by atoms with E-state index in [1.54, 1.807) is 13.3 Å². The molecule has 1 aromatic heterocycles. The highest BCUT2D eigenvalue weighted by Crippen LogP contribution is 2.36. The van der Waals surface area contributed by atoms with E-state index in [1.807, 2.05) is 48.9 Å². The van der Waals surface area contributed by atoms with Crippen molar-refractivity contribution in [3.8, 4) is 11.5 Å². The van der Waals surface area contributed by atoms with Crippen molar-refractivity contribution < 1.29 is 9.47 Å². The van der Waals surface area contributed by atoms with Gasteiger partial charge in [-0.25, -0.2) is 4.98 Å². The molecule has 0 saturated carbocycles. The van der Waals surface area contributed by atoms with Crippen LogP contribution in [-0.4, -0.2) is 23.2 Å². The number of rotatable bonds is 10. The molecule has 0 amide bonds. The first-order valence-corrected chi connectivity index (χ1v) is 10.2. The fraction of sp³-hybridized carbons (Fsp3) is 0.286. The summed E-state index contributed by atoms with van der Waals surface area (Å²) in [7, 11) is 1.65. The molecular weight excluding hydrogens is 442 g/mol. The molecule has 0 aliphatic heterocycles. The molecule has 0 fully saturated rings. The second-order valence-corrected chi connectivity index (χ2v) is 7.59. The van der Waals surface area contributed by atoms with Crippen LogP contribution in [0.4, 0.5) is 0 Å². The van der Waals surface area contributed by atoms with Crippen molar-refractivity contribution in [3.63, 3.8) is 0 Å². The molecule has 0 aliphatic carbocycles. The average Bonchev–Trinajstić information content (AvgIpc) is 3.22.